The van der Waals surface area contributed by atoms with E-state index in [2.05, 4.69) is 48.4 Å². The number of anilines is 1. The molecule has 5 nitrogen and oxygen atoms in total. The maximum atomic E-state index is 10.6. The van der Waals surface area contributed by atoms with Crippen molar-refractivity contribution in [3.05, 3.63) is 95.7 Å². The molecule has 0 spiro atoms. The van der Waals surface area contributed by atoms with Crippen LogP contribution in [0.3, 0.4) is 0 Å². The highest BCUT2D eigenvalue weighted by Gasteiger charge is 2.10. The van der Waals surface area contributed by atoms with Crippen LogP contribution >= 0.6 is 0 Å². The molecule has 1 aromatic heterocycles. The van der Waals surface area contributed by atoms with Crippen LogP contribution in [0.25, 0.3) is 0 Å². The van der Waals surface area contributed by atoms with Gasteiger partial charge in [0.2, 0.25) is 5.91 Å². The van der Waals surface area contributed by atoms with Crippen molar-refractivity contribution < 1.29 is 14.7 Å². The number of carboxylic acid groups (broad SMARTS) is 1. The molecule has 3 aromatic rings. The fourth-order valence-electron chi connectivity index (χ4n) is 1.91. The zero-order valence-corrected chi connectivity index (χ0v) is 15.7. The number of carbonyl (C=O) groups is 2. The molecule has 1 heterocycles. The molecule has 140 valence electrons. The van der Waals surface area contributed by atoms with Crippen LogP contribution in [0.1, 0.15) is 28.4 Å². The molecule has 1 amide bonds. The van der Waals surface area contributed by atoms with E-state index in [0.717, 1.165) is 0 Å². The van der Waals surface area contributed by atoms with Gasteiger partial charge in [-0.3, -0.25) is 4.79 Å². The number of nitrogens with one attached hydrogen (secondary N) is 1. The molecule has 0 aliphatic rings. The SMILES string of the molecule is CC(=O)Nc1ncccc1C(=O)O.Cc1ccccc1.Cc1ccccc1. The Bertz CT molecular complexity index is 797. The summed E-state index contributed by atoms with van der Waals surface area (Å²) in [6.45, 7) is 5.46. The van der Waals surface area contributed by atoms with Crippen molar-refractivity contribution >= 4 is 17.7 Å². The Labute approximate surface area is 159 Å². The van der Waals surface area contributed by atoms with Crippen LogP contribution in [-0.4, -0.2) is 22.0 Å². The van der Waals surface area contributed by atoms with Crippen molar-refractivity contribution in [2.75, 3.05) is 5.32 Å². The maximum absolute atomic E-state index is 10.6. The molecule has 3 rings (SSSR count). The first-order valence-corrected chi connectivity index (χ1v) is 8.39. The number of hydrogen-bond donors (Lipinski definition) is 2. The lowest BCUT2D eigenvalue weighted by molar-refractivity contribution is -0.114. The van der Waals surface area contributed by atoms with Gasteiger partial charge in [-0.1, -0.05) is 71.8 Å². The topological polar surface area (TPSA) is 79.3 Å². The summed E-state index contributed by atoms with van der Waals surface area (Å²) in [6.07, 6.45) is 1.41. The van der Waals surface area contributed by atoms with E-state index in [9.17, 15) is 9.59 Å². The van der Waals surface area contributed by atoms with Gasteiger partial charge in [0, 0.05) is 13.1 Å². The third-order valence-corrected chi connectivity index (χ3v) is 3.21. The van der Waals surface area contributed by atoms with Crippen LogP contribution in [0.15, 0.2) is 79.0 Å². The van der Waals surface area contributed by atoms with E-state index in [4.69, 9.17) is 5.11 Å². The van der Waals surface area contributed by atoms with Crippen LogP contribution in [0, 0.1) is 13.8 Å². The van der Waals surface area contributed by atoms with E-state index in [1.54, 1.807) is 0 Å². The fraction of sp³-hybridized carbons (Fsp3) is 0.136. The zero-order valence-electron chi connectivity index (χ0n) is 15.7. The normalized spacial score (nSPS) is 9.00. The minimum atomic E-state index is -1.11. The number of aryl methyl sites for hydroxylation is 2. The van der Waals surface area contributed by atoms with Gasteiger partial charge in [-0.05, 0) is 26.0 Å². The lowest BCUT2D eigenvalue weighted by atomic mass is 10.2. The molecular formula is C22H24N2O3. The fourth-order valence-corrected chi connectivity index (χ4v) is 1.91. The number of nitrogens with zero attached hydrogens (tertiary/aromatic N) is 1. The molecule has 2 aromatic carbocycles. The molecule has 27 heavy (non-hydrogen) atoms. The van der Waals surface area contributed by atoms with Gasteiger partial charge in [0.15, 0.2) is 0 Å². The maximum Gasteiger partial charge on any atom is 0.339 e. The monoisotopic (exact) mass is 364 g/mol. The highest BCUT2D eigenvalue weighted by molar-refractivity contribution is 5.98. The molecule has 0 unspecified atom stereocenters. The van der Waals surface area contributed by atoms with Crippen LogP contribution in [0.4, 0.5) is 5.82 Å². The number of hydrogen-bond acceptors (Lipinski definition) is 3. The van der Waals surface area contributed by atoms with E-state index in [0.29, 0.717) is 0 Å². The first-order valence-electron chi connectivity index (χ1n) is 8.39. The van der Waals surface area contributed by atoms with Crippen LogP contribution < -0.4 is 5.32 Å². The smallest absolute Gasteiger partial charge is 0.339 e. The van der Waals surface area contributed by atoms with Gasteiger partial charge >= 0.3 is 5.97 Å². The van der Waals surface area contributed by atoms with Gasteiger partial charge < -0.3 is 10.4 Å². The van der Waals surface area contributed by atoms with Crippen molar-refractivity contribution in [2.45, 2.75) is 20.8 Å². The summed E-state index contributed by atoms with van der Waals surface area (Å²) in [6, 6.07) is 23.4. The summed E-state index contributed by atoms with van der Waals surface area (Å²) in [7, 11) is 0. The largest absolute Gasteiger partial charge is 0.478 e. The molecule has 0 radical (unpaired) electrons. The van der Waals surface area contributed by atoms with E-state index in [1.807, 2.05) is 36.4 Å². The average molecular weight is 364 g/mol. The molecule has 2 N–H and O–H groups in total. The molecule has 0 atom stereocenters. The van der Waals surface area contributed by atoms with Crippen molar-refractivity contribution in [1.82, 2.24) is 4.98 Å². The van der Waals surface area contributed by atoms with Gasteiger partial charge in [-0.2, -0.15) is 0 Å². The van der Waals surface area contributed by atoms with Crippen LogP contribution in [0.5, 0.6) is 0 Å². The Morgan fingerprint density at radius 3 is 1.63 bits per heavy atom. The second-order valence-electron chi connectivity index (χ2n) is 5.70. The van der Waals surface area contributed by atoms with Crippen molar-refractivity contribution in [3.63, 3.8) is 0 Å². The average Bonchev–Trinajstić information content (AvgIpc) is 2.64. The number of carboxylic acids is 1. The number of aromatic carboxylic acids is 1. The van der Waals surface area contributed by atoms with Gasteiger partial charge in [0.05, 0.1) is 0 Å². The summed E-state index contributed by atoms with van der Waals surface area (Å²) >= 11 is 0. The van der Waals surface area contributed by atoms with E-state index in [1.165, 1.54) is 36.4 Å². The van der Waals surface area contributed by atoms with Crippen molar-refractivity contribution in [1.29, 1.82) is 0 Å². The molecule has 0 saturated carbocycles. The van der Waals surface area contributed by atoms with E-state index >= 15 is 0 Å². The number of carbonyl (C=O) groups excluding carboxylic acids is 1. The summed E-state index contributed by atoms with van der Waals surface area (Å²) in [5.74, 6) is -1.39. The molecular weight excluding hydrogens is 340 g/mol. The summed E-state index contributed by atoms with van der Waals surface area (Å²) < 4.78 is 0. The third-order valence-electron chi connectivity index (χ3n) is 3.21. The quantitative estimate of drug-likeness (QED) is 0.689. The summed E-state index contributed by atoms with van der Waals surface area (Å²) in [5, 5.41) is 11.0. The summed E-state index contributed by atoms with van der Waals surface area (Å²) in [5.41, 5.74) is 2.63. The van der Waals surface area contributed by atoms with Crippen molar-refractivity contribution in [3.8, 4) is 0 Å². The lowest BCUT2D eigenvalue weighted by Gasteiger charge is -2.03. The van der Waals surface area contributed by atoms with Crippen LogP contribution in [0.2, 0.25) is 0 Å². The Morgan fingerprint density at radius 2 is 1.30 bits per heavy atom. The van der Waals surface area contributed by atoms with Crippen molar-refractivity contribution in [2.24, 2.45) is 0 Å². The van der Waals surface area contributed by atoms with Gasteiger partial charge in [-0.15, -0.1) is 0 Å². The third kappa shape index (κ3) is 9.55. The van der Waals surface area contributed by atoms with Crippen LogP contribution in [-0.2, 0) is 4.79 Å². The van der Waals surface area contributed by atoms with Gasteiger partial charge in [-0.25, -0.2) is 9.78 Å². The molecule has 0 saturated heterocycles. The second-order valence-corrected chi connectivity index (χ2v) is 5.70. The first kappa shape index (κ1) is 21.6. The lowest BCUT2D eigenvalue weighted by Crippen LogP contribution is -2.12. The number of aromatic nitrogens is 1. The van der Waals surface area contributed by atoms with Gasteiger partial charge in [0.25, 0.3) is 0 Å². The zero-order chi connectivity index (χ0) is 20.1. The summed E-state index contributed by atoms with van der Waals surface area (Å²) in [4.78, 5) is 25.0. The molecule has 0 aliphatic heterocycles. The minimum absolute atomic E-state index is 0.0160. The highest BCUT2D eigenvalue weighted by Crippen LogP contribution is 2.10. The predicted molar refractivity (Wildman–Crippen MR) is 108 cm³/mol. The first-order chi connectivity index (χ1) is 12.9. The Hall–Kier alpha value is -3.47. The predicted octanol–water partition coefficient (Wildman–Crippen LogP) is 4.73. The van der Waals surface area contributed by atoms with Gasteiger partial charge in [0.1, 0.15) is 11.4 Å². The molecule has 0 bridgehead atoms. The minimum Gasteiger partial charge on any atom is -0.478 e. The molecule has 5 heteroatoms. The molecule has 0 aliphatic carbocycles. The second kappa shape index (κ2) is 12.0. The number of benzene rings is 2. The Kier molecular flexibility index (Phi) is 9.57. The molecule has 0 fully saturated rings. The number of amides is 1. The number of rotatable bonds is 2. The van der Waals surface area contributed by atoms with E-state index < -0.39 is 5.97 Å². The Morgan fingerprint density at radius 1 is 0.815 bits per heavy atom. The highest BCUT2D eigenvalue weighted by atomic mass is 16.4. The number of pyridine rings is 1. The standard InChI is InChI=1S/C8H8N2O3.2C7H8/c1-5(11)10-7-6(8(12)13)3-2-4-9-7;2*1-7-5-3-2-4-6-7/h2-4H,1H3,(H,12,13)(H,9,10,11);2*2-6H,1H3. The Balaban J connectivity index is 0.000000220. The van der Waals surface area contributed by atoms with E-state index in [-0.39, 0.29) is 17.3 Å².